The molecule has 2 atom stereocenters. The molecular weight excluding hydrogens is 288 g/mol. The van der Waals surface area contributed by atoms with Gasteiger partial charge in [-0.25, -0.2) is 0 Å². The van der Waals surface area contributed by atoms with E-state index in [2.05, 4.69) is 46.3 Å². The SMILES string of the molecule is BrC1CC(OCc2ccccc2)C12CCCCC2. The van der Waals surface area contributed by atoms with Crippen LogP contribution in [0.2, 0.25) is 0 Å². The Bertz CT molecular complexity index is 383. The van der Waals surface area contributed by atoms with Gasteiger partial charge in [0.15, 0.2) is 0 Å². The summed E-state index contributed by atoms with van der Waals surface area (Å²) >= 11 is 3.87. The fourth-order valence-electron chi connectivity index (χ4n) is 3.55. The summed E-state index contributed by atoms with van der Waals surface area (Å²) < 4.78 is 6.20. The number of hydrogen-bond donors (Lipinski definition) is 0. The molecule has 0 saturated heterocycles. The van der Waals surface area contributed by atoms with Crippen molar-refractivity contribution in [2.24, 2.45) is 5.41 Å². The zero-order valence-corrected chi connectivity index (χ0v) is 12.4. The third-order valence-corrected chi connectivity index (χ3v) is 6.05. The number of benzene rings is 1. The molecule has 2 aliphatic rings. The van der Waals surface area contributed by atoms with Crippen LogP contribution in [0.1, 0.15) is 44.1 Å². The fourth-order valence-corrected chi connectivity index (χ4v) is 4.64. The van der Waals surface area contributed by atoms with E-state index in [1.165, 1.54) is 44.1 Å². The maximum Gasteiger partial charge on any atom is 0.0720 e. The second kappa shape index (κ2) is 5.34. The van der Waals surface area contributed by atoms with Gasteiger partial charge in [-0.1, -0.05) is 65.5 Å². The lowest BCUT2D eigenvalue weighted by molar-refractivity contribution is -0.127. The molecule has 3 rings (SSSR count). The molecule has 0 bridgehead atoms. The average Bonchev–Trinajstić information content (AvgIpc) is 2.45. The summed E-state index contributed by atoms with van der Waals surface area (Å²) in [5.41, 5.74) is 1.74. The van der Waals surface area contributed by atoms with E-state index in [4.69, 9.17) is 4.74 Å². The number of ether oxygens (including phenoxy) is 1. The van der Waals surface area contributed by atoms with Gasteiger partial charge in [0, 0.05) is 10.2 Å². The highest BCUT2D eigenvalue weighted by Crippen LogP contribution is 2.56. The van der Waals surface area contributed by atoms with Crippen molar-refractivity contribution in [3.05, 3.63) is 35.9 Å². The second-order valence-corrected chi connectivity index (χ2v) is 6.89. The van der Waals surface area contributed by atoms with Gasteiger partial charge in [-0.15, -0.1) is 0 Å². The van der Waals surface area contributed by atoms with Gasteiger partial charge in [-0.2, -0.15) is 0 Å². The highest BCUT2D eigenvalue weighted by atomic mass is 79.9. The molecule has 2 fully saturated rings. The van der Waals surface area contributed by atoms with Crippen LogP contribution < -0.4 is 0 Å². The molecule has 0 aliphatic heterocycles. The highest BCUT2D eigenvalue weighted by Gasteiger charge is 2.54. The van der Waals surface area contributed by atoms with Crippen LogP contribution in [0.15, 0.2) is 30.3 Å². The molecule has 1 spiro atoms. The molecule has 1 aromatic carbocycles. The summed E-state index contributed by atoms with van der Waals surface area (Å²) in [4.78, 5) is 0.686. The zero-order chi connectivity index (χ0) is 12.4. The number of halogens is 1. The minimum absolute atomic E-state index is 0.451. The van der Waals surface area contributed by atoms with Gasteiger partial charge in [-0.3, -0.25) is 0 Å². The molecule has 98 valence electrons. The minimum atomic E-state index is 0.451. The van der Waals surface area contributed by atoms with Crippen LogP contribution in [0.5, 0.6) is 0 Å². The highest BCUT2D eigenvalue weighted by molar-refractivity contribution is 9.09. The normalized spacial score (nSPS) is 30.1. The smallest absolute Gasteiger partial charge is 0.0720 e. The van der Waals surface area contributed by atoms with Gasteiger partial charge in [-0.05, 0) is 24.8 Å². The standard InChI is InChI=1S/C16H21BrO/c17-14-11-15(16(14)9-5-2-6-10-16)18-12-13-7-3-1-4-8-13/h1,3-4,7-8,14-15H,2,5-6,9-12H2. The van der Waals surface area contributed by atoms with E-state index in [9.17, 15) is 0 Å². The molecule has 1 aromatic rings. The fraction of sp³-hybridized carbons (Fsp3) is 0.625. The second-order valence-electron chi connectivity index (χ2n) is 5.78. The lowest BCUT2D eigenvalue weighted by atomic mass is 9.58. The Balaban J connectivity index is 1.60. The molecule has 0 heterocycles. The van der Waals surface area contributed by atoms with Crippen molar-refractivity contribution in [1.82, 2.24) is 0 Å². The van der Waals surface area contributed by atoms with Crippen LogP contribution in [-0.4, -0.2) is 10.9 Å². The van der Waals surface area contributed by atoms with Crippen molar-refractivity contribution in [3.63, 3.8) is 0 Å². The summed E-state index contributed by atoms with van der Waals surface area (Å²) in [7, 11) is 0. The van der Waals surface area contributed by atoms with Crippen molar-refractivity contribution in [2.45, 2.75) is 56.1 Å². The monoisotopic (exact) mass is 308 g/mol. The number of rotatable bonds is 3. The van der Waals surface area contributed by atoms with Crippen molar-refractivity contribution >= 4 is 15.9 Å². The first kappa shape index (κ1) is 12.7. The van der Waals surface area contributed by atoms with Crippen LogP contribution in [-0.2, 0) is 11.3 Å². The topological polar surface area (TPSA) is 9.23 Å². The van der Waals surface area contributed by atoms with Gasteiger partial charge >= 0.3 is 0 Å². The van der Waals surface area contributed by atoms with Crippen LogP contribution >= 0.6 is 15.9 Å². The van der Waals surface area contributed by atoms with Crippen molar-refractivity contribution in [1.29, 1.82) is 0 Å². The molecule has 2 unspecified atom stereocenters. The van der Waals surface area contributed by atoms with E-state index in [1.54, 1.807) is 0 Å². The Hall–Kier alpha value is -0.340. The first-order valence-electron chi connectivity index (χ1n) is 7.11. The van der Waals surface area contributed by atoms with Crippen LogP contribution in [0.3, 0.4) is 0 Å². The molecular formula is C16H21BrO. The largest absolute Gasteiger partial charge is 0.373 e. The van der Waals surface area contributed by atoms with E-state index in [0.717, 1.165) is 6.61 Å². The first-order chi connectivity index (χ1) is 8.81. The van der Waals surface area contributed by atoms with Gasteiger partial charge in [0.25, 0.3) is 0 Å². The van der Waals surface area contributed by atoms with Gasteiger partial charge in [0.1, 0.15) is 0 Å². The van der Waals surface area contributed by atoms with E-state index in [-0.39, 0.29) is 0 Å². The van der Waals surface area contributed by atoms with Crippen LogP contribution in [0.25, 0.3) is 0 Å². The molecule has 2 aliphatic carbocycles. The number of alkyl halides is 1. The Morgan fingerprint density at radius 3 is 2.50 bits per heavy atom. The van der Waals surface area contributed by atoms with Crippen LogP contribution in [0, 0.1) is 5.41 Å². The van der Waals surface area contributed by atoms with E-state index >= 15 is 0 Å². The number of hydrogen-bond acceptors (Lipinski definition) is 1. The molecule has 0 radical (unpaired) electrons. The maximum absolute atomic E-state index is 6.20. The third-order valence-electron chi connectivity index (χ3n) is 4.76. The lowest BCUT2D eigenvalue weighted by Crippen LogP contribution is -2.56. The Labute approximate surface area is 118 Å². The van der Waals surface area contributed by atoms with E-state index in [0.29, 0.717) is 16.3 Å². The molecule has 2 heteroatoms. The van der Waals surface area contributed by atoms with Crippen molar-refractivity contribution in [3.8, 4) is 0 Å². The van der Waals surface area contributed by atoms with Crippen LogP contribution in [0.4, 0.5) is 0 Å². The summed E-state index contributed by atoms with van der Waals surface area (Å²) in [5.74, 6) is 0. The van der Waals surface area contributed by atoms with Gasteiger partial charge in [0.05, 0.1) is 12.7 Å². The summed E-state index contributed by atoms with van der Waals surface area (Å²) in [6.45, 7) is 0.771. The quantitative estimate of drug-likeness (QED) is 0.736. The Morgan fingerprint density at radius 1 is 1.11 bits per heavy atom. The van der Waals surface area contributed by atoms with Crippen molar-refractivity contribution < 1.29 is 4.74 Å². The maximum atomic E-state index is 6.20. The van der Waals surface area contributed by atoms with Gasteiger partial charge < -0.3 is 4.74 Å². The minimum Gasteiger partial charge on any atom is -0.373 e. The molecule has 2 saturated carbocycles. The molecule has 0 aromatic heterocycles. The molecule has 0 amide bonds. The molecule has 1 nitrogen and oxygen atoms in total. The summed E-state index contributed by atoms with van der Waals surface area (Å²) in [6.07, 6.45) is 8.53. The molecule has 0 N–H and O–H groups in total. The summed E-state index contributed by atoms with van der Waals surface area (Å²) in [6, 6.07) is 10.5. The van der Waals surface area contributed by atoms with E-state index in [1.807, 2.05) is 0 Å². The zero-order valence-electron chi connectivity index (χ0n) is 10.8. The molecule has 18 heavy (non-hydrogen) atoms. The average molecular weight is 309 g/mol. The van der Waals surface area contributed by atoms with Gasteiger partial charge in [0.2, 0.25) is 0 Å². The predicted octanol–water partition coefficient (Wildman–Crippen LogP) is 4.69. The third kappa shape index (κ3) is 2.25. The Kier molecular flexibility index (Phi) is 3.76. The lowest BCUT2D eigenvalue weighted by Gasteiger charge is -2.55. The summed E-state index contributed by atoms with van der Waals surface area (Å²) in [5, 5.41) is 0. The Morgan fingerprint density at radius 2 is 1.83 bits per heavy atom. The predicted molar refractivity (Wildman–Crippen MR) is 77.9 cm³/mol. The van der Waals surface area contributed by atoms with E-state index < -0.39 is 0 Å². The first-order valence-corrected chi connectivity index (χ1v) is 8.02. The van der Waals surface area contributed by atoms with Crippen molar-refractivity contribution in [2.75, 3.05) is 0 Å².